The van der Waals surface area contributed by atoms with Crippen molar-refractivity contribution < 1.29 is 24.3 Å². The van der Waals surface area contributed by atoms with Crippen molar-refractivity contribution in [2.24, 2.45) is 0 Å². The minimum Gasteiger partial charge on any atom is -0.478 e. The van der Waals surface area contributed by atoms with Crippen LogP contribution in [0.5, 0.6) is 0 Å². The first-order valence-electron chi connectivity index (χ1n) is 6.10. The maximum Gasteiger partial charge on any atom is 0.337 e. The zero-order valence-electron chi connectivity index (χ0n) is 11.2. The molecule has 1 heterocycles. The summed E-state index contributed by atoms with van der Waals surface area (Å²) in [6.07, 6.45) is 0. The van der Waals surface area contributed by atoms with Crippen molar-refractivity contribution in [3.05, 3.63) is 29.3 Å². The van der Waals surface area contributed by atoms with E-state index in [4.69, 9.17) is 5.11 Å². The van der Waals surface area contributed by atoms with Crippen LogP contribution in [0.2, 0.25) is 0 Å². The van der Waals surface area contributed by atoms with Crippen LogP contribution in [-0.2, 0) is 9.59 Å². The number of carbonyl (C=O) groups is 4. The topological polar surface area (TPSA) is 116 Å². The minimum atomic E-state index is -1.18. The van der Waals surface area contributed by atoms with E-state index < -0.39 is 30.4 Å². The zero-order valence-corrected chi connectivity index (χ0v) is 11.2. The lowest BCUT2D eigenvalue weighted by Crippen LogP contribution is -2.38. The Morgan fingerprint density at radius 1 is 1.38 bits per heavy atom. The third kappa shape index (κ3) is 3.16. The van der Waals surface area contributed by atoms with Gasteiger partial charge in [0.1, 0.15) is 6.54 Å². The van der Waals surface area contributed by atoms with E-state index in [1.165, 1.54) is 12.1 Å². The predicted molar refractivity (Wildman–Crippen MR) is 71.9 cm³/mol. The Kier molecular flexibility index (Phi) is 3.88. The molecule has 0 unspecified atom stereocenters. The van der Waals surface area contributed by atoms with Gasteiger partial charge in [-0.05, 0) is 19.1 Å². The van der Waals surface area contributed by atoms with Crippen molar-refractivity contribution in [3.8, 4) is 0 Å². The smallest absolute Gasteiger partial charge is 0.337 e. The Balaban J connectivity index is 2.11. The molecular weight excluding hydrogens is 278 g/mol. The molecule has 1 saturated heterocycles. The van der Waals surface area contributed by atoms with Gasteiger partial charge in [-0.25, -0.2) is 9.59 Å². The molecule has 4 amide bonds. The highest BCUT2D eigenvalue weighted by Crippen LogP contribution is 2.17. The number of carboxylic acids is 1. The maximum atomic E-state index is 11.8. The van der Waals surface area contributed by atoms with E-state index in [2.05, 4.69) is 10.6 Å². The molecule has 1 aromatic rings. The molecule has 1 aliphatic heterocycles. The SMILES string of the molecule is Cc1ccc(NC(=O)CN2C(=O)CNC2=O)c(C(=O)O)c1. The Morgan fingerprint density at radius 3 is 2.67 bits per heavy atom. The van der Waals surface area contributed by atoms with Gasteiger partial charge in [-0.2, -0.15) is 0 Å². The fourth-order valence-electron chi connectivity index (χ4n) is 1.89. The van der Waals surface area contributed by atoms with E-state index in [0.717, 1.165) is 10.5 Å². The summed E-state index contributed by atoms with van der Waals surface area (Å²) in [6.45, 7) is 1.12. The number of benzene rings is 1. The summed E-state index contributed by atoms with van der Waals surface area (Å²) in [7, 11) is 0. The summed E-state index contributed by atoms with van der Waals surface area (Å²) in [5, 5.41) is 13.8. The van der Waals surface area contributed by atoms with Crippen molar-refractivity contribution in [3.63, 3.8) is 0 Å². The van der Waals surface area contributed by atoms with Gasteiger partial charge in [0.2, 0.25) is 5.91 Å². The van der Waals surface area contributed by atoms with Crippen LogP contribution < -0.4 is 10.6 Å². The molecule has 21 heavy (non-hydrogen) atoms. The van der Waals surface area contributed by atoms with Gasteiger partial charge in [0, 0.05) is 0 Å². The van der Waals surface area contributed by atoms with E-state index in [9.17, 15) is 19.2 Å². The first-order valence-corrected chi connectivity index (χ1v) is 6.10. The van der Waals surface area contributed by atoms with E-state index in [1.54, 1.807) is 13.0 Å². The fraction of sp³-hybridized carbons (Fsp3) is 0.231. The quantitative estimate of drug-likeness (QED) is 0.684. The summed E-state index contributed by atoms with van der Waals surface area (Å²) < 4.78 is 0. The molecule has 1 fully saturated rings. The number of urea groups is 1. The molecular formula is C13H13N3O5. The van der Waals surface area contributed by atoms with Crippen LogP contribution in [-0.4, -0.2) is 46.9 Å². The molecule has 1 aromatic carbocycles. The van der Waals surface area contributed by atoms with Crippen molar-refractivity contribution >= 4 is 29.5 Å². The molecule has 0 radical (unpaired) electrons. The summed E-state index contributed by atoms with van der Waals surface area (Å²) in [4.78, 5) is 46.4. The predicted octanol–water partition coefficient (Wildman–Crippen LogP) is 0.184. The van der Waals surface area contributed by atoms with Gasteiger partial charge in [0.05, 0.1) is 17.8 Å². The van der Waals surface area contributed by atoms with Gasteiger partial charge in [0.15, 0.2) is 0 Å². The van der Waals surface area contributed by atoms with Crippen molar-refractivity contribution in [2.45, 2.75) is 6.92 Å². The van der Waals surface area contributed by atoms with E-state index in [-0.39, 0.29) is 17.8 Å². The number of anilines is 1. The fourth-order valence-corrected chi connectivity index (χ4v) is 1.89. The molecule has 0 saturated carbocycles. The second kappa shape index (κ2) is 5.61. The average Bonchev–Trinajstić information content (AvgIpc) is 2.72. The van der Waals surface area contributed by atoms with Gasteiger partial charge < -0.3 is 15.7 Å². The highest BCUT2D eigenvalue weighted by Gasteiger charge is 2.30. The zero-order chi connectivity index (χ0) is 15.6. The standard InChI is InChI=1S/C13H13N3O5/c1-7-2-3-9(8(4-7)12(19)20)15-10(17)6-16-11(18)5-14-13(16)21/h2-4H,5-6H2,1H3,(H,14,21)(H,15,17)(H,19,20). The molecule has 3 N–H and O–H groups in total. The highest BCUT2D eigenvalue weighted by molar-refractivity contribution is 6.07. The molecule has 2 rings (SSSR count). The van der Waals surface area contributed by atoms with E-state index >= 15 is 0 Å². The Labute approximate surface area is 119 Å². The van der Waals surface area contributed by atoms with Crippen LogP contribution >= 0.6 is 0 Å². The number of amides is 4. The third-order valence-electron chi connectivity index (χ3n) is 2.92. The summed E-state index contributed by atoms with van der Waals surface area (Å²) in [6, 6.07) is 3.89. The monoisotopic (exact) mass is 291 g/mol. The van der Waals surface area contributed by atoms with Gasteiger partial charge in [-0.15, -0.1) is 0 Å². The van der Waals surface area contributed by atoms with E-state index in [1.807, 2.05) is 0 Å². The number of rotatable bonds is 4. The number of imide groups is 1. The second-order valence-corrected chi connectivity index (χ2v) is 4.54. The third-order valence-corrected chi connectivity index (χ3v) is 2.92. The summed E-state index contributed by atoms with van der Waals surface area (Å²) in [5.41, 5.74) is 0.796. The first kappa shape index (κ1) is 14.5. The number of hydrogen-bond donors (Lipinski definition) is 3. The minimum absolute atomic E-state index is 0.0550. The van der Waals surface area contributed by atoms with Crippen LogP contribution in [0, 0.1) is 6.92 Å². The normalized spacial score (nSPS) is 14.0. The molecule has 0 bridgehead atoms. The summed E-state index contributed by atoms with van der Waals surface area (Å²) in [5.74, 6) is -2.33. The van der Waals surface area contributed by atoms with Crippen LogP contribution in [0.15, 0.2) is 18.2 Å². The van der Waals surface area contributed by atoms with Crippen molar-refractivity contribution in [1.29, 1.82) is 0 Å². The molecule has 0 spiro atoms. The van der Waals surface area contributed by atoms with Gasteiger partial charge in [-0.3, -0.25) is 14.5 Å². The van der Waals surface area contributed by atoms with Gasteiger partial charge in [0.25, 0.3) is 5.91 Å². The average molecular weight is 291 g/mol. The first-order chi connectivity index (χ1) is 9.88. The largest absolute Gasteiger partial charge is 0.478 e. The lowest BCUT2D eigenvalue weighted by molar-refractivity contribution is -0.128. The molecule has 0 atom stereocenters. The second-order valence-electron chi connectivity index (χ2n) is 4.54. The number of aromatic carboxylic acids is 1. The number of nitrogens with zero attached hydrogens (tertiary/aromatic N) is 1. The van der Waals surface area contributed by atoms with Gasteiger partial charge in [-0.1, -0.05) is 11.6 Å². The molecule has 8 heteroatoms. The lowest BCUT2D eigenvalue weighted by atomic mass is 10.1. The Bertz CT molecular complexity index is 625. The number of hydrogen-bond acceptors (Lipinski definition) is 4. The molecule has 8 nitrogen and oxygen atoms in total. The lowest BCUT2D eigenvalue weighted by Gasteiger charge is -2.13. The number of carboxylic acid groups (broad SMARTS) is 1. The van der Waals surface area contributed by atoms with Crippen molar-refractivity contribution in [2.75, 3.05) is 18.4 Å². The number of carbonyl (C=O) groups excluding carboxylic acids is 3. The Morgan fingerprint density at radius 2 is 2.10 bits per heavy atom. The van der Waals surface area contributed by atoms with Crippen LogP contribution in [0.25, 0.3) is 0 Å². The molecule has 110 valence electrons. The van der Waals surface area contributed by atoms with Gasteiger partial charge >= 0.3 is 12.0 Å². The highest BCUT2D eigenvalue weighted by atomic mass is 16.4. The number of nitrogens with one attached hydrogen (secondary N) is 2. The van der Waals surface area contributed by atoms with Crippen LogP contribution in [0.3, 0.4) is 0 Å². The van der Waals surface area contributed by atoms with E-state index in [0.29, 0.717) is 0 Å². The molecule has 0 aliphatic carbocycles. The maximum absolute atomic E-state index is 11.8. The van der Waals surface area contributed by atoms with Crippen LogP contribution in [0.4, 0.5) is 10.5 Å². The number of aryl methyl sites for hydroxylation is 1. The summed E-state index contributed by atoms with van der Waals surface area (Å²) >= 11 is 0. The van der Waals surface area contributed by atoms with Crippen molar-refractivity contribution in [1.82, 2.24) is 10.2 Å². The van der Waals surface area contributed by atoms with Crippen LogP contribution in [0.1, 0.15) is 15.9 Å². The molecule has 1 aliphatic rings. The molecule has 0 aromatic heterocycles. The Hall–Kier alpha value is -2.90.